The lowest BCUT2D eigenvalue weighted by Crippen LogP contribution is -2.21. The van der Waals surface area contributed by atoms with Crippen LogP contribution < -0.4 is 5.32 Å². The van der Waals surface area contributed by atoms with Gasteiger partial charge in [0.1, 0.15) is 12.7 Å². The van der Waals surface area contributed by atoms with E-state index in [4.69, 9.17) is 11.6 Å². The Morgan fingerprint density at radius 1 is 1.40 bits per heavy atom. The van der Waals surface area contributed by atoms with Gasteiger partial charge in [-0.05, 0) is 24.6 Å². The van der Waals surface area contributed by atoms with Crippen LogP contribution in [0, 0.1) is 0 Å². The number of hydrogen-bond donors (Lipinski definition) is 1. The number of sulfone groups is 1. The number of benzene rings is 1. The molecule has 20 heavy (non-hydrogen) atoms. The maximum Gasteiger partial charge on any atom is 0.152 e. The number of nitrogens with zero attached hydrogens (tertiary/aromatic N) is 3. The highest BCUT2D eigenvalue weighted by Crippen LogP contribution is 2.26. The zero-order valence-electron chi connectivity index (χ0n) is 10.5. The molecule has 2 aromatic rings. The van der Waals surface area contributed by atoms with Crippen LogP contribution in [0.2, 0.25) is 5.02 Å². The average molecular weight is 313 g/mol. The number of aromatic nitrogens is 3. The van der Waals surface area contributed by atoms with Crippen molar-refractivity contribution in [2.75, 3.05) is 16.8 Å². The van der Waals surface area contributed by atoms with Crippen LogP contribution in [0.4, 0.5) is 5.69 Å². The van der Waals surface area contributed by atoms with Gasteiger partial charge in [-0.2, -0.15) is 5.10 Å². The summed E-state index contributed by atoms with van der Waals surface area (Å²) in [5, 5.41) is 7.91. The van der Waals surface area contributed by atoms with Crippen LogP contribution in [0.25, 0.3) is 5.69 Å². The van der Waals surface area contributed by atoms with Crippen LogP contribution in [0.15, 0.2) is 30.9 Å². The smallest absolute Gasteiger partial charge is 0.152 e. The predicted octanol–water partition coefficient (Wildman–Crippen LogP) is 1.52. The van der Waals surface area contributed by atoms with Crippen molar-refractivity contribution in [2.45, 2.75) is 12.5 Å². The molecule has 1 aromatic heterocycles. The fourth-order valence-corrected chi connectivity index (χ4v) is 4.13. The van der Waals surface area contributed by atoms with E-state index >= 15 is 0 Å². The van der Waals surface area contributed by atoms with Crippen molar-refractivity contribution in [3.63, 3.8) is 0 Å². The van der Waals surface area contributed by atoms with E-state index in [-0.39, 0.29) is 17.5 Å². The summed E-state index contributed by atoms with van der Waals surface area (Å²) >= 11 is 6.02. The molecule has 1 aliphatic rings. The summed E-state index contributed by atoms with van der Waals surface area (Å²) in [5.74, 6) is 0.375. The molecular weight excluding hydrogens is 300 g/mol. The molecule has 0 radical (unpaired) electrons. The lowest BCUT2D eigenvalue weighted by atomic mass is 10.2. The fraction of sp³-hybridized carbons (Fsp3) is 0.333. The Hall–Kier alpha value is -1.60. The highest BCUT2D eigenvalue weighted by molar-refractivity contribution is 7.91. The molecule has 2 heterocycles. The van der Waals surface area contributed by atoms with Crippen molar-refractivity contribution in [1.82, 2.24) is 14.8 Å². The molecule has 1 fully saturated rings. The van der Waals surface area contributed by atoms with Gasteiger partial charge in [0.2, 0.25) is 0 Å². The number of rotatable bonds is 3. The second-order valence-electron chi connectivity index (χ2n) is 4.75. The normalized spacial score (nSPS) is 20.9. The van der Waals surface area contributed by atoms with Crippen molar-refractivity contribution in [3.8, 4) is 5.69 Å². The van der Waals surface area contributed by atoms with E-state index < -0.39 is 9.84 Å². The molecule has 1 unspecified atom stereocenters. The first kappa shape index (κ1) is 13.4. The van der Waals surface area contributed by atoms with E-state index in [0.717, 1.165) is 11.4 Å². The van der Waals surface area contributed by atoms with Gasteiger partial charge in [-0.1, -0.05) is 11.6 Å². The first-order valence-electron chi connectivity index (χ1n) is 6.15. The Kier molecular flexibility index (Phi) is 3.39. The maximum absolute atomic E-state index is 11.5. The van der Waals surface area contributed by atoms with Gasteiger partial charge in [0.25, 0.3) is 0 Å². The zero-order valence-corrected chi connectivity index (χ0v) is 12.1. The van der Waals surface area contributed by atoms with Crippen molar-refractivity contribution in [2.24, 2.45) is 0 Å². The molecule has 1 aliphatic heterocycles. The predicted molar refractivity (Wildman–Crippen MR) is 77.1 cm³/mol. The van der Waals surface area contributed by atoms with Gasteiger partial charge in [0, 0.05) is 11.1 Å². The van der Waals surface area contributed by atoms with E-state index in [1.165, 1.54) is 6.33 Å². The fourth-order valence-electron chi connectivity index (χ4n) is 2.29. The molecule has 1 N–H and O–H groups in total. The van der Waals surface area contributed by atoms with Crippen LogP contribution in [0.5, 0.6) is 0 Å². The first-order valence-corrected chi connectivity index (χ1v) is 8.35. The van der Waals surface area contributed by atoms with Crippen molar-refractivity contribution >= 4 is 27.1 Å². The Balaban J connectivity index is 1.91. The molecule has 1 aromatic carbocycles. The molecule has 1 saturated heterocycles. The van der Waals surface area contributed by atoms with Gasteiger partial charge in [0.15, 0.2) is 9.84 Å². The van der Waals surface area contributed by atoms with Crippen LogP contribution in [0.3, 0.4) is 0 Å². The van der Waals surface area contributed by atoms with Crippen molar-refractivity contribution in [3.05, 3.63) is 35.9 Å². The molecule has 0 aliphatic carbocycles. The summed E-state index contributed by atoms with van der Waals surface area (Å²) in [6.45, 7) is 0. The minimum atomic E-state index is -2.92. The molecule has 8 heteroatoms. The van der Waals surface area contributed by atoms with Crippen LogP contribution in [-0.2, 0) is 9.84 Å². The third-order valence-corrected chi connectivity index (χ3v) is 5.22. The average Bonchev–Trinajstić information content (AvgIpc) is 2.99. The second-order valence-corrected chi connectivity index (χ2v) is 7.41. The highest BCUT2D eigenvalue weighted by Gasteiger charge is 2.28. The van der Waals surface area contributed by atoms with Crippen molar-refractivity contribution < 1.29 is 8.42 Å². The van der Waals surface area contributed by atoms with E-state index in [9.17, 15) is 8.42 Å². The second kappa shape index (κ2) is 5.06. The number of anilines is 1. The third kappa shape index (κ3) is 2.78. The van der Waals surface area contributed by atoms with Crippen LogP contribution in [0.1, 0.15) is 6.42 Å². The minimum absolute atomic E-state index is 0.0965. The Morgan fingerprint density at radius 3 is 2.90 bits per heavy atom. The SMILES string of the molecule is O=S1(=O)CCC(Nc2cc(Cl)ccc2-n2cncn2)C1. The van der Waals surface area contributed by atoms with Gasteiger partial charge in [-0.15, -0.1) is 0 Å². The van der Waals surface area contributed by atoms with Gasteiger partial charge in [-0.3, -0.25) is 0 Å². The monoisotopic (exact) mass is 312 g/mol. The third-order valence-electron chi connectivity index (χ3n) is 3.22. The van der Waals surface area contributed by atoms with Gasteiger partial charge < -0.3 is 5.32 Å². The lowest BCUT2D eigenvalue weighted by molar-refractivity contribution is 0.602. The van der Waals surface area contributed by atoms with E-state index in [1.807, 2.05) is 6.07 Å². The Bertz CT molecular complexity index is 715. The molecule has 0 amide bonds. The molecular formula is C12H13ClN4O2S. The Morgan fingerprint density at radius 2 is 2.25 bits per heavy atom. The molecule has 1 atom stereocenters. The molecule has 0 spiro atoms. The van der Waals surface area contributed by atoms with E-state index in [2.05, 4.69) is 15.4 Å². The van der Waals surface area contributed by atoms with Gasteiger partial charge >= 0.3 is 0 Å². The first-order chi connectivity index (χ1) is 9.53. The number of nitrogens with one attached hydrogen (secondary N) is 1. The Labute approximate surface area is 121 Å². The molecule has 3 rings (SSSR count). The van der Waals surface area contributed by atoms with Crippen LogP contribution in [-0.4, -0.2) is 40.7 Å². The van der Waals surface area contributed by atoms with Crippen LogP contribution >= 0.6 is 11.6 Å². The highest BCUT2D eigenvalue weighted by atomic mass is 35.5. The summed E-state index contributed by atoms with van der Waals surface area (Å²) in [7, 11) is -2.92. The van der Waals surface area contributed by atoms with E-state index in [0.29, 0.717) is 11.4 Å². The number of hydrogen-bond acceptors (Lipinski definition) is 5. The summed E-state index contributed by atoms with van der Waals surface area (Å²) in [5.41, 5.74) is 1.54. The summed E-state index contributed by atoms with van der Waals surface area (Å²) in [6, 6.07) is 5.25. The zero-order chi connectivity index (χ0) is 14.2. The summed E-state index contributed by atoms with van der Waals surface area (Å²) < 4.78 is 24.6. The molecule has 0 saturated carbocycles. The standard InChI is InChI=1S/C12H13ClN4O2S/c13-9-1-2-12(17-8-14-7-15-17)11(5-9)16-10-3-4-20(18,19)6-10/h1-2,5,7-8,10,16H,3-4,6H2. The van der Waals surface area contributed by atoms with E-state index in [1.54, 1.807) is 23.1 Å². The van der Waals surface area contributed by atoms with Crippen molar-refractivity contribution in [1.29, 1.82) is 0 Å². The molecule has 106 valence electrons. The summed E-state index contributed by atoms with van der Waals surface area (Å²) in [6.07, 6.45) is 3.63. The van der Waals surface area contributed by atoms with Gasteiger partial charge in [-0.25, -0.2) is 18.1 Å². The minimum Gasteiger partial charge on any atom is -0.379 e. The molecule has 6 nitrogen and oxygen atoms in total. The lowest BCUT2D eigenvalue weighted by Gasteiger charge is -2.16. The number of halogens is 1. The molecule has 0 bridgehead atoms. The largest absolute Gasteiger partial charge is 0.379 e. The quantitative estimate of drug-likeness (QED) is 0.930. The topological polar surface area (TPSA) is 76.9 Å². The summed E-state index contributed by atoms with van der Waals surface area (Å²) in [4.78, 5) is 3.91. The maximum atomic E-state index is 11.5. The van der Waals surface area contributed by atoms with Gasteiger partial charge in [0.05, 0.1) is 22.9 Å².